The Balaban J connectivity index is 2.19. The third-order valence-electron chi connectivity index (χ3n) is 2.39. The van der Waals surface area contributed by atoms with Gasteiger partial charge in [0.05, 0.1) is 19.8 Å². The Morgan fingerprint density at radius 1 is 1.41 bits per heavy atom. The molecule has 0 saturated carbocycles. The summed E-state index contributed by atoms with van der Waals surface area (Å²) in [6.07, 6.45) is 0. The largest absolute Gasteiger partial charge is 0.473 e. The van der Waals surface area contributed by atoms with Gasteiger partial charge in [-0.05, 0) is 0 Å². The van der Waals surface area contributed by atoms with Crippen LogP contribution in [0.25, 0.3) is 0 Å². The predicted molar refractivity (Wildman–Crippen MR) is 62.7 cm³/mol. The van der Waals surface area contributed by atoms with Crippen molar-refractivity contribution in [1.29, 1.82) is 0 Å². The molecule has 0 amide bonds. The first-order chi connectivity index (χ1) is 8.31. The standard InChI is InChI=1S/C10H14ClN3O3/c11-9-7-8(14-1-4-16-5-2-14)10(13-12-9)17-6-3-15/h7,15H,1-6H2. The first-order valence-corrected chi connectivity index (χ1v) is 5.78. The molecule has 2 heterocycles. The Hall–Kier alpha value is -1.11. The third-order valence-corrected chi connectivity index (χ3v) is 2.58. The van der Waals surface area contributed by atoms with Gasteiger partial charge in [0.15, 0.2) is 5.15 Å². The third kappa shape index (κ3) is 3.18. The van der Waals surface area contributed by atoms with Crippen LogP contribution in [0.1, 0.15) is 0 Å². The number of ether oxygens (including phenoxy) is 2. The van der Waals surface area contributed by atoms with Gasteiger partial charge in [0, 0.05) is 19.2 Å². The number of rotatable bonds is 4. The Labute approximate surface area is 104 Å². The molecule has 2 rings (SSSR count). The molecule has 0 atom stereocenters. The van der Waals surface area contributed by atoms with Crippen molar-refractivity contribution < 1.29 is 14.6 Å². The van der Waals surface area contributed by atoms with Crippen LogP contribution < -0.4 is 9.64 Å². The second kappa shape index (κ2) is 6.00. The first-order valence-electron chi connectivity index (χ1n) is 5.41. The van der Waals surface area contributed by atoms with Gasteiger partial charge in [0.1, 0.15) is 12.3 Å². The fraction of sp³-hybridized carbons (Fsp3) is 0.600. The highest BCUT2D eigenvalue weighted by Crippen LogP contribution is 2.28. The molecule has 94 valence electrons. The van der Waals surface area contributed by atoms with E-state index in [1.165, 1.54) is 0 Å². The average molecular weight is 260 g/mol. The highest BCUT2D eigenvalue weighted by atomic mass is 35.5. The summed E-state index contributed by atoms with van der Waals surface area (Å²) in [7, 11) is 0. The minimum atomic E-state index is -0.0626. The summed E-state index contributed by atoms with van der Waals surface area (Å²) < 4.78 is 10.6. The van der Waals surface area contributed by atoms with E-state index in [4.69, 9.17) is 26.2 Å². The summed E-state index contributed by atoms with van der Waals surface area (Å²) in [5.41, 5.74) is 0.793. The minimum absolute atomic E-state index is 0.0626. The molecule has 0 spiro atoms. The number of nitrogens with zero attached hydrogens (tertiary/aromatic N) is 3. The SMILES string of the molecule is OCCOc1nnc(Cl)cc1N1CCOCC1. The summed E-state index contributed by atoms with van der Waals surface area (Å²) in [5.74, 6) is 0.394. The fourth-order valence-electron chi connectivity index (χ4n) is 1.62. The lowest BCUT2D eigenvalue weighted by atomic mass is 10.3. The van der Waals surface area contributed by atoms with Crippen molar-refractivity contribution in [3.05, 3.63) is 11.2 Å². The lowest BCUT2D eigenvalue weighted by molar-refractivity contribution is 0.122. The lowest BCUT2D eigenvalue weighted by Gasteiger charge is -2.29. The van der Waals surface area contributed by atoms with Crippen LogP contribution in [0.15, 0.2) is 6.07 Å². The zero-order chi connectivity index (χ0) is 12.1. The molecule has 0 unspecified atom stereocenters. The number of halogens is 1. The van der Waals surface area contributed by atoms with Crippen LogP contribution in [0, 0.1) is 0 Å². The van der Waals surface area contributed by atoms with E-state index >= 15 is 0 Å². The van der Waals surface area contributed by atoms with E-state index < -0.39 is 0 Å². The molecule has 1 fully saturated rings. The molecule has 1 aliphatic rings. The van der Waals surface area contributed by atoms with Gasteiger partial charge in [-0.15, -0.1) is 10.2 Å². The van der Waals surface area contributed by atoms with Crippen LogP contribution in [-0.4, -0.2) is 54.8 Å². The van der Waals surface area contributed by atoms with Gasteiger partial charge < -0.3 is 19.5 Å². The Bertz CT molecular complexity index is 372. The number of hydrogen-bond donors (Lipinski definition) is 1. The Kier molecular flexibility index (Phi) is 4.36. The minimum Gasteiger partial charge on any atom is -0.473 e. The van der Waals surface area contributed by atoms with Crippen LogP contribution >= 0.6 is 11.6 Å². The molecule has 1 aliphatic heterocycles. The molecule has 1 aromatic rings. The van der Waals surface area contributed by atoms with Crippen molar-refractivity contribution in [2.75, 3.05) is 44.4 Å². The molecule has 0 bridgehead atoms. The Morgan fingerprint density at radius 2 is 2.18 bits per heavy atom. The van der Waals surface area contributed by atoms with Crippen molar-refractivity contribution in [1.82, 2.24) is 10.2 Å². The van der Waals surface area contributed by atoms with Gasteiger partial charge in [-0.3, -0.25) is 0 Å². The van der Waals surface area contributed by atoms with E-state index in [2.05, 4.69) is 15.1 Å². The number of anilines is 1. The number of aromatic nitrogens is 2. The second-order valence-corrected chi connectivity index (χ2v) is 3.92. The number of aliphatic hydroxyl groups is 1. The molecular weight excluding hydrogens is 246 g/mol. The zero-order valence-corrected chi connectivity index (χ0v) is 10.1. The second-order valence-electron chi connectivity index (χ2n) is 3.53. The van der Waals surface area contributed by atoms with E-state index in [1.807, 2.05) is 0 Å². The molecule has 1 aromatic heterocycles. The molecule has 17 heavy (non-hydrogen) atoms. The quantitative estimate of drug-likeness (QED) is 0.841. The Morgan fingerprint density at radius 3 is 2.88 bits per heavy atom. The molecule has 1 N–H and O–H groups in total. The van der Waals surface area contributed by atoms with E-state index in [9.17, 15) is 0 Å². The van der Waals surface area contributed by atoms with Crippen molar-refractivity contribution in [3.63, 3.8) is 0 Å². The van der Waals surface area contributed by atoms with E-state index in [-0.39, 0.29) is 13.2 Å². The number of aliphatic hydroxyl groups excluding tert-OH is 1. The lowest BCUT2D eigenvalue weighted by Crippen LogP contribution is -2.36. The molecular formula is C10H14ClN3O3. The van der Waals surface area contributed by atoms with Crippen LogP contribution in [0.5, 0.6) is 5.88 Å². The van der Waals surface area contributed by atoms with Crippen LogP contribution in [0.3, 0.4) is 0 Å². The van der Waals surface area contributed by atoms with Gasteiger partial charge >= 0.3 is 0 Å². The fourth-order valence-corrected chi connectivity index (χ4v) is 1.76. The smallest absolute Gasteiger partial charge is 0.257 e. The van der Waals surface area contributed by atoms with E-state index in [0.717, 1.165) is 18.8 Å². The first kappa shape index (κ1) is 12.3. The highest BCUT2D eigenvalue weighted by molar-refractivity contribution is 6.29. The maximum Gasteiger partial charge on any atom is 0.257 e. The van der Waals surface area contributed by atoms with Gasteiger partial charge in [0.2, 0.25) is 0 Å². The molecule has 0 radical (unpaired) electrons. The summed E-state index contributed by atoms with van der Waals surface area (Å²) in [5, 5.41) is 16.7. The van der Waals surface area contributed by atoms with E-state index in [0.29, 0.717) is 24.2 Å². The highest BCUT2D eigenvalue weighted by Gasteiger charge is 2.17. The van der Waals surface area contributed by atoms with Gasteiger partial charge in [-0.1, -0.05) is 11.6 Å². The maximum absolute atomic E-state index is 8.75. The predicted octanol–water partition coefficient (Wildman–Crippen LogP) is 0.338. The molecule has 7 heteroatoms. The van der Waals surface area contributed by atoms with Crippen molar-refractivity contribution in [3.8, 4) is 5.88 Å². The van der Waals surface area contributed by atoms with Crippen LogP contribution in [0.4, 0.5) is 5.69 Å². The summed E-state index contributed by atoms with van der Waals surface area (Å²) in [6.45, 7) is 2.98. The number of morpholine rings is 1. The molecule has 0 aromatic carbocycles. The summed E-state index contributed by atoms with van der Waals surface area (Å²) >= 11 is 5.83. The summed E-state index contributed by atoms with van der Waals surface area (Å²) in [6, 6.07) is 1.71. The average Bonchev–Trinajstić information content (AvgIpc) is 2.38. The van der Waals surface area contributed by atoms with E-state index in [1.54, 1.807) is 6.07 Å². The zero-order valence-electron chi connectivity index (χ0n) is 9.30. The van der Waals surface area contributed by atoms with Crippen molar-refractivity contribution in [2.24, 2.45) is 0 Å². The maximum atomic E-state index is 8.75. The monoisotopic (exact) mass is 259 g/mol. The van der Waals surface area contributed by atoms with Crippen LogP contribution in [0.2, 0.25) is 5.15 Å². The number of hydrogen-bond acceptors (Lipinski definition) is 6. The van der Waals surface area contributed by atoms with Crippen molar-refractivity contribution in [2.45, 2.75) is 0 Å². The molecule has 1 saturated heterocycles. The van der Waals surface area contributed by atoms with Gasteiger partial charge in [-0.25, -0.2) is 0 Å². The molecule has 6 nitrogen and oxygen atoms in total. The summed E-state index contributed by atoms with van der Waals surface area (Å²) in [4.78, 5) is 2.08. The van der Waals surface area contributed by atoms with Crippen molar-refractivity contribution >= 4 is 17.3 Å². The molecule has 0 aliphatic carbocycles. The normalized spacial score (nSPS) is 16.0. The van der Waals surface area contributed by atoms with Gasteiger partial charge in [-0.2, -0.15) is 0 Å². The van der Waals surface area contributed by atoms with Crippen LogP contribution in [-0.2, 0) is 4.74 Å². The van der Waals surface area contributed by atoms with Gasteiger partial charge in [0.25, 0.3) is 5.88 Å². The topological polar surface area (TPSA) is 67.7 Å².